The summed E-state index contributed by atoms with van der Waals surface area (Å²) in [6, 6.07) is 10.6. The molecule has 29 heavy (non-hydrogen) atoms. The number of anilines is 1. The highest BCUT2D eigenvalue weighted by atomic mass is 35.5. The molecule has 0 aliphatic carbocycles. The molecular weight excluding hydrogens is 397 g/mol. The van der Waals surface area contributed by atoms with Crippen LogP contribution in [0, 0.1) is 5.82 Å². The summed E-state index contributed by atoms with van der Waals surface area (Å²) in [5.41, 5.74) is 1.40. The van der Waals surface area contributed by atoms with Crippen molar-refractivity contribution in [3.63, 3.8) is 0 Å². The van der Waals surface area contributed by atoms with Crippen molar-refractivity contribution in [1.29, 1.82) is 0 Å². The van der Waals surface area contributed by atoms with Gasteiger partial charge >= 0.3 is 0 Å². The lowest BCUT2D eigenvalue weighted by Crippen LogP contribution is -2.46. The fourth-order valence-corrected chi connectivity index (χ4v) is 2.83. The summed E-state index contributed by atoms with van der Waals surface area (Å²) in [5.74, 6) is -0.277. The lowest BCUT2D eigenvalue weighted by Gasteiger charge is -2.23. The van der Waals surface area contributed by atoms with Crippen LogP contribution in [0.1, 0.15) is 12.5 Å². The highest BCUT2D eigenvalue weighted by Crippen LogP contribution is 2.27. The van der Waals surface area contributed by atoms with E-state index in [9.17, 15) is 14.0 Å². The predicted molar refractivity (Wildman–Crippen MR) is 112 cm³/mol. The van der Waals surface area contributed by atoms with E-state index in [4.69, 9.17) is 16.3 Å². The van der Waals surface area contributed by atoms with Crippen molar-refractivity contribution in [2.45, 2.75) is 19.4 Å². The first kappa shape index (κ1) is 22.6. The van der Waals surface area contributed by atoms with E-state index in [0.29, 0.717) is 29.4 Å². The second-order valence-electron chi connectivity index (χ2n) is 6.65. The maximum absolute atomic E-state index is 12.9. The maximum atomic E-state index is 12.9. The first-order valence-corrected chi connectivity index (χ1v) is 9.53. The van der Waals surface area contributed by atoms with Gasteiger partial charge in [0.1, 0.15) is 11.6 Å². The normalized spacial score (nSPS) is 11.8. The van der Waals surface area contributed by atoms with Crippen molar-refractivity contribution in [3.05, 3.63) is 58.9 Å². The Bertz CT molecular complexity index is 846. The number of rotatable bonds is 9. The molecule has 0 saturated heterocycles. The van der Waals surface area contributed by atoms with E-state index in [2.05, 4.69) is 10.6 Å². The summed E-state index contributed by atoms with van der Waals surface area (Å²) in [7, 11) is 3.20. The molecule has 0 aliphatic rings. The van der Waals surface area contributed by atoms with Crippen LogP contribution in [-0.4, -0.2) is 50.0 Å². The molecule has 2 amide bonds. The lowest BCUT2D eigenvalue weighted by atomic mass is 10.1. The molecule has 6 nitrogen and oxygen atoms in total. The molecule has 1 atom stereocenters. The van der Waals surface area contributed by atoms with E-state index < -0.39 is 6.04 Å². The Kier molecular flexibility index (Phi) is 8.42. The molecule has 0 spiro atoms. The number of halogens is 2. The highest BCUT2D eigenvalue weighted by Gasteiger charge is 2.20. The van der Waals surface area contributed by atoms with Gasteiger partial charge in [0.2, 0.25) is 11.8 Å². The van der Waals surface area contributed by atoms with Crippen LogP contribution in [0.2, 0.25) is 5.02 Å². The minimum Gasteiger partial charge on any atom is -0.495 e. The number of nitrogens with zero attached hydrogens (tertiary/aromatic N) is 1. The molecule has 0 radical (unpaired) electrons. The van der Waals surface area contributed by atoms with Crippen LogP contribution in [0.5, 0.6) is 5.75 Å². The number of likely N-dealkylation sites (N-methyl/N-ethyl adjacent to an activating group) is 1. The largest absolute Gasteiger partial charge is 0.495 e. The first-order chi connectivity index (χ1) is 13.8. The maximum Gasteiger partial charge on any atom is 0.238 e. The minimum absolute atomic E-state index is 0.0161. The van der Waals surface area contributed by atoms with Gasteiger partial charge in [-0.05, 0) is 56.3 Å². The zero-order valence-electron chi connectivity index (χ0n) is 16.7. The number of hydrogen-bond acceptors (Lipinski definition) is 4. The zero-order valence-corrected chi connectivity index (χ0v) is 17.4. The first-order valence-electron chi connectivity index (χ1n) is 9.16. The van der Waals surface area contributed by atoms with Crippen LogP contribution in [-0.2, 0) is 16.0 Å². The van der Waals surface area contributed by atoms with Gasteiger partial charge in [0.25, 0.3) is 0 Å². The second-order valence-corrected chi connectivity index (χ2v) is 7.09. The SMILES string of the molecule is COc1ccc(Cl)cc1NC(=O)CN(C)[C@@H](C)C(=O)NCCc1ccc(F)cc1. The summed E-state index contributed by atoms with van der Waals surface area (Å²) < 4.78 is 18.1. The molecule has 2 N–H and O–H groups in total. The Balaban J connectivity index is 1.81. The molecule has 0 fully saturated rings. The molecule has 2 rings (SSSR count). The van der Waals surface area contributed by atoms with Gasteiger partial charge in [-0.25, -0.2) is 4.39 Å². The summed E-state index contributed by atoms with van der Waals surface area (Å²) in [4.78, 5) is 26.3. The van der Waals surface area contributed by atoms with E-state index in [1.54, 1.807) is 49.2 Å². The quantitative estimate of drug-likeness (QED) is 0.652. The predicted octanol–water partition coefficient (Wildman–Crippen LogP) is 3.11. The van der Waals surface area contributed by atoms with Crippen LogP contribution in [0.15, 0.2) is 42.5 Å². The van der Waals surface area contributed by atoms with E-state index in [-0.39, 0.29) is 24.2 Å². The van der Waals surface area contributed by atoms with Gasteiger partial charge in [0, 0.05) is 11.6 Å². The number of nitrogens with one attached hydrogen (secondary N) is 2. The Morgan fingerprint density at radius 3 is 2.55 bits per heavy atom. The van der Waals surface area contributed by atoms with Crippen molar-refractivity contribution in [2.75, 3.05) is 32.6 Å². The van der Waals surface area contributed by atoms with E-state index in [1.807, 2.05) is 0 Å². The summed E-state index contributed by atoms with van der Waals surface area (Å²) >= 11 is 5.97. The molecule has 0 aromatic heterocycles. The van der Waals surface area contributed by atoms with Crippen molar-refractivity contribution in [2.24, 2.45) is 0 Å². The standard InChI is InChI=1S/C21H25ClFN3O3/c1-14(21(28)24-11-10-15-4-7-17(23)8-5-15)26(2)13-20(27)25-18-12-16(22)6-9-19(18)29-3/h4-9,12,14H,10-11,13H2,1-3H3,(H,24,28)(H,25,27)/t14-/m0/s1. The van der Waals surface area contributed by atoms with Crippen molar-refractivity contribution < 1.29 is 18.7 Å². The number of hydrogen-bond donors (Lipinski definition) is 2. The Morgan fingerprint density at radius 2 is 1.90 bits per heavy atom. The number of benzene rings is 2. The molecule has 156 valence electrons. The third kappa shape index (κ3) is 7.03. The average Bonchev–Trinajstić information content (AvgIpc) is 2.68. The van der Waals surface area contributed by atoms with Crippen LogP contribution in [0.4, 0.5) is 10.1 Å². The van der Waals surface area contributed by atoms with E-state index in [1.165, 1.54) is 19.2 Å². The van der Waals surface area contributed by atoms with Crippen LogP contribution in [0.3, 0.4) is 0 Å². The fraction of sp³-hybridized carbons (Fsp3) is 0.333. The van der Waals surface area contributed by atoms with Crippen LogP contribution < -0.4 is 15.4 Å². The Labute approximate surface area is 175 Å². The van der Waals surface area contributed by atoms with Crippen molar-refractivity contribution in [3.8, 4) is 5.75 Å². The monoisotopic (exact) mass is 421 g/mol. The number of methoxy groups -OCH3 is 1. The number of amides is 2. The number of ether oxygens (including phenoxy) is 1. The number of carbonyl (C=O) groups excluding carboxylic acids is 2. The lowest BCUT2D eigenvalue weighted by molar-refractivity contribution is -0.126. The summed E-state index contributed by atoms with van der Waals surface area (Å²) in [6.45, 7) is 2.16. The second kappa shape index (κ2) is 10.8. The van der Waals surface area contributed by atoms with Crippen LogP contribution in [0.25, 0.3) is 0 Å². The highest BCUT2D eigenvalue weighted by molar-refractivity contribution is 6.31. The Morgan fingerprint density at radius 1 is 1.21 bits per heavy atom. The Hall–Kier alpha value is -2.64. The minimum atomic E-state index is -0.504. The van der Waals surface area contributed by atoms with E-state index >= 15 is 0 Å². The molecule has 0 aliphatic heterocycles. The fourth-order valence-electron chi connectivity index (χ4n) is 2.66. The summed E-state index contributed by atoms with van der Waals surface area (Å²) in [5, 5.41) is 6.05. The zero-order chi connectivity index (χ0) is 21.4. The smallest absolute Gasteiger partial charge is 0.238 e. The van der Waals surface area contributed by atoms with Crippen molar-refractivity contribution in [1.82, 2.24) is 10.2 Å². The third-order valence-electron chi connectivity index (χ3n) is 4.50. The van der Waals surface area contributed by atoms with Gasteiger partial charge in [-0.1, -0.05) is 23.7 Å². The van der Waals surface area contributed by atoms with Gasteiger partial charge in [0.15, 0.2) is 0 Å². The average molecular weight is 422 g/mol. The van der Waals surface area contributed by atoms with Gasteiger partial charge in [-0.3, -0.25) is 14.5 Å². The molecule has 8 heteroatoms. The molecule has 0 unspecified atom stereocenters. The third-order valence-corrected chi connectivity index (χ3v) is 4.73. The number of carbonyl (C=O) groups is 2. The topological polar surface area (TPSA) is 70.7 Å². The van der Waals surface area contributed by atoms with Gasteiger partial charge in [-0.2, -0.15) is 0 Å². The van der Waals surface area contributed by atoms with Crippen molar-refractivity contribution >= 4 is 29.1 Å². The molecular formula is C21H25ClFN3O3. The van der Waals surface area contributed by atoms with Gasteiger partial charge in [0.05, 0.1) is 25.4 Å². The van der Waals surface area contributed by atoms with Crippen LogP contribution >= 0.6 is 11.6 Å². The van der Waals surface area contributed by atoms with Gasteiger partial charge in [-0.15, -0.1) is 0 Å². The molecule has 0 heterocycles. The molecule has 2 aromatic rings. The van der Waals surface area contributed by atoms with Gasteiger partial charge < -0.3 is 15.4 Å². The summed E-state index contributed by atoms with van der Waals surface area (Å²) in [6.07, 6.45) is 0.595. The molecule has 0 bridgehead atoms. The van der Waals surface area contributed by atoms with E-state index in [0.717, 1.165) is 5.56 Å². The molecule has 0 saturated carbocycles. The molecule has 2 aromatic carbocycles.